The Morgan fingerprint density at radius 1 is 1.00 bits per heavy atom. The normalized spacial score (nSPS) is 24.6. The highest BCUT2D eigenvalue weighted by atomic mass is 16.5. The van der Waals surface area contributed by atoms with Gasteiger partial charge in [-0.05, 0) is 60.8 Å². The summed E-state index contributed by atoms with van der Waals surface area (Å²) in [7, 11) is 1.72. The summed E-state index contributed by atoms with van der Waals surface area (Å²) >= 11 is 0. The zero-order valence-electron chi connectivity index (χ0n) is 17.9. The Morgan fingerprint density at radius 2 is 1.73 bits per heavy atom. The molecule has 2 atom stereocenters. The number of nitrogens with zero attached hydrogens (tertiary/aromatic N) is 2. The minimum atomic E-state index is 0.341. The number of carbonyl (C=O) groups excluding carboxylic acids is 1. The smallest absolute Gasteiger partial charge is 0.222 e. The second kappa shape index (κ2) is 8.43. The van der Waals surface area contributed by atoms with Gasteiger partial charge < -0.3 is 9.64 Å². The summed E-state index contributed by atoms with van der Waals surface area (Å²) in [6, 6.07) is 18.1. The van der Waals surface area contributed by atoms with Crippen LogP contribution in [-0.2, 0) is 24.1 Å². The fourth-order valence-electron chi connectivity index (χ4n) is 5.95. The van der Waals surface area contributed by atoms with E-state index < -0.39 is 0 Å². The molecule has 0 unspecified atom stereocenters. The zero-order valence-corrected chi connectivity index (χ0v) is 17.9. The molecule has 0 N–H and O–H groups in total. The van der Waals surface area contributed by atoms with Gasteiger partial charge in [0.2, 0.25) is 5.91 Å². The molecule has 3 aliphatic rings. The van der Waals surface area contributed by atoms with Gasteiger partial charge in [0, 0.05) is 38.1 Å². The van der Waals surface area contributed by atoms with Crippen molar-refractivity contribution >= 4 is 5.91 Å². The summed E-state index contributed by atoms with van der Waals surface area (Å²) in [4.78, 5) is 17.7. The van der Waals surface area contributed by atoms with Gasteiger partial charge in [-0.3, -0.25) is 9.69 Å². The Kier molecular flexibility index (Phi) is 5.51. The number of carbonyl (C=O) groups is 1. The fraction of sp³-hybridized carbons (Fsp3) is 0.500. The van der Waals surface area contributed by atoms with E-state index in [1.807, 2.05) is 12.1 Å². The second-order valence-electron chi connectivity index (χ2n) is 9.13. The molecule has 4 nitrogen and oxygen atoms in total. The van der Waals surface area contributed by atoms with E-state index in [-0.39, 0.29) is 0 Å². The average molecular weight is 405 g/mol. The first-order chi connectivity index (χ1) is 14.7. The molecule has 2 aromatic rings. The molecule has 1 amide bonds. The van der Waals surface area contributed by atoms with Gasteiger partial charge in [-0.2, -0.15) is 0 Å². The van der Waals surface area contributed by atoms with E-state index in [9.17, 15) is 4.79 Å². The molecule has 2 aliphatic heterocycles. The first-order valence-corrected chi connectivity index (χ1v) is 11.4. The standard InChI is InChI=1S/C26H32N2O2/c1-30-25-9-5-4-6-19(25)12-15-28-24-13-14-27(18-22(24)10-11-26(28)29)23-16-20-7-2-3-8-21(20)17-23/h2-9,22-24H,10-18H2,1H3/t22-,24+/m0/s1. The maximum absolute atomic E-state index is 12.8. The summed E-state index contributed by atoms with van der Waals surface area (Å²) in [6.45, 7) is 3.05. The molecule has 0 aromatic heterocycles. The lowest BCUT2D eigenvalue weighted by molar-refractivity contribution is -0.141. The van der Waals surface area contributed by atoms with Crippen LogP contribution in [0.3, 0.4) is 0 Å². The highest BCUT2D eigenvalue weighted by molar-refractivity contribution is 5.77. The number of para-hydroxylation sites is 1. The van der Waals surface area contributed by atoms with Crippen molar-refractivity contribution in [3.63, 3.8) is 0 Å². The van der Waals surface area contributed by atoms with E-state index in [4.69, 9.17) is 4.74 Å². The molecular formula is C26H32N2O2. The van der Waals surface area contributed by atoms with Crippen LogP contribution < -0.4 is 4.74 Å². The van der Waals surface area contributed by atoms with Gasteiger partial charge in [-0.15, -0.1) is 0 Å². The molecule has 0 spiro atoms. The average Bonchev–Trinajstić information content (AvgIpc) is 3.23. The lowest BCUT2D eigenvalue weighted by Gasteiger charge is -2.48. The van der Waals surface area contributed by atoms with Crippen LogP contribution in [0.25, 0.3) is 0 Å². The molecule has 0 bridgehead atoms. The van der Waals surface area contributed by atoms with Crippen molar-refractivity contribution in [2.45, 2.75) is 50.6 Å². The number of hydrogen-bond donors (Lipinski definition) is 0. The van der Waals surface area contributed by atoms with Crippen molar-refractivity contribution in [2.75, 3.05) is 26.7 Å². The van der Waals surface area contributed by atoms with Crippen LogP contribution in [-0.4, -0.2) is 54.5 Å². The largest absolute Gasteiger partial charge is 0.496 e. The first-order valence-electron chi connectivity index (χ1n) is 11.4. The molecule has 2 aromatic carbocycles. The third kappa shape index (κ3) is 3.74. The zero-order chi connectivity index (χ0) is 20.5. The highest BCUT2D eigenvalue weighted by Crippen LogP contribution is 2.35. The second-order valence-corrected chi connectivity index (χ2v) is 9.13. The van der Waals surface area contributed by atoms with Gasteiger partial charge in [0.15, 0.2) is 0 Å². The molecule has 5 rings (SSSR count). The molecule has 158 valence electrons. The van der Waals surface area contributed by atoms with E-state index in [2.05, 4.69) is 46.2 Å². The van der Waals surface area contributed by atoms with Crippen LogP contribution in [0, 0.1) is 5.92 Å². The van der Waals surface area contributed by atoms with E-state index >= 15 is 0 Å². The van der Waals surface area contributed by atoms with Crippen LogP contribution in [0.2, 0.25) is 0 Å². The van der Waals surface area contributed by atoms with Crippen LogP contribution >= 0.6 is 0 Å². The molecule has 0 radical (unpaired) electrons. The Morgan fingerprint density at radius 3 is 2.50 bits per heavy atom. The monoisotopic (exact) mass is 404 g/mol. The van der Waals surface area contributed by atoms with Crippen molar-refractivity contribution in [1.82, 2.24) is 9.80 Å². The van der Waals surface area contributed by atoms with Gasteiger partial charge in [0.05, 0.1) is 7.11 Å². The van der Waals surface area contributed by atoms with Crippen LogP contribution in [0.4, 0.5) is 0 Å². The van der Waals surface area contributed by atoms with Gasteiger partial charge in [-0.1, -0.05) is 42.5 Å². The van der Waals surface area contributed by atoms with Crippen molar-refractivity contribution < 1.29 is 9.53 Å². The maximum atomic E-state index is 12.8. The Hall–Kier alpha value is -2.33. The van der Waals surface area contributed by atoms with Crippen LogP contribution in [0.15, 0.2) is 48.5 Å². The number of benzene rings is 2. The van der Waals surface area contributed by atoms with Crippen molar-refractivity contribution in [1.29, 1.82) is 0 Å². The quantitative estimate of drug-likeness (QED) is 0.762. The summed E-state index contributed by atoms with van der Waals surface area (Å²) in [5.74, 6) is 1.87. The molecule has 2 fully saturated rings. The number of fused-ring (bicyclic) bond motifs is 2. The fourth-order valence-corrected chi connectivity index (χ4v) is 5.95. The van der Waals surface area contributed by atoms with E-state index in [1.54, 1.807) is 7.11 Å². The van der Waals surface area contributed by atoms with Crippen molar-refractivity contribution in [3.05, 3.63) is 65.2 Å². The summed E-state index contributed by atoms with van der Waals surface area (Å²) in [6.07, 6.45) is 6.08. The van der Waals surface area contributed by atoms with Gasteiger partial charge in [0.25, 0.3) is 0 Å². The molecule has 4 heteroatoms. The molecule has 2 saturated heterocycles. The number of amides is 1. The maximum Gasteiger partial charge on any atom is 0.222 e. The Bertz CT molecular complexity index is 886. The minimum absolute atomic E-state index is 0.341. The number of piperidine rings is 2. The van der Waals surface area contributed by atoms with Gasteiger partial charge in [-0.25, -0.2) is 0 Å². The van der Waals surface area contributed by atoms with Gasteiger partial charge in [0.1, 0.15) is 5.75 Å². The van der Waals surface area contributed by atoms with E-state index in [0.29, 0.717) is 30.3 Å². The number of rotatable bonds is 5. The minimum Gasteiger partial charge on any atom is -0.496 e. The predicted molar refractivity (Wildman–Crippen MR) is 119 cm³/mol. The van der Waals surface area contributed by atoms with Crippen LogP contribution in [0.1, 0.15) is 36.0 Å². The number of likely N-dealkylation sites (tertiary alicyclic amines) is 2. The first kappa shape index (κ1) is 19.6. The SMILES string of the molecule is COc1ccccc1CCN1C(=O)CC[C@H]2CN(C3Cc4ccccc4C3)CC[C@H]21. The lowest BCUT2D eigenvalue weighted by Crippen LogP contribution is -2.58. The van der Waals surface area contributed by atoms with Gasteiger partial charge >= 0.3 is 0 Å². The predicted octanol–water partition coefficient (Wildman–Crippen LogP) is 3.72. The summed E-state index contributed by atoms with van der Waals surface area (Å²) < 4.78 is 5.51. The highest BCUT2D eigenvalue weighted by Gasteiger charge is 2.41. The number of ether oxygens (including phenoxy) is 1. The summed E-state index contributed by atoms with van der Waals surface area (Å²) in [5.41, 5.74) is 4.25. The lowest BCUT2D eigenvalue weighted by atomic mass is 9.82. The van der Waals surface area contributed by atoms with Crippen molar-refractivity contribution in [3.8, 4) is 5.75 Å². The molecule has 0 saturated carbocycles. The van der Waals surface area contributed by atoms with E-state index in [0.717, 1.165) is 44.6 Å². The summed E-state index contributed by atoms with van der Waals surface area (Å²) in [5, 5.41) is 0. The molecular weight excluding hydrogens is 372 g/mol. The Balaban J connectivity index is 1.23. The number of methoxy groups -OCH3 is 1. The third-order valence-corrected chi connectivity index (χ3v) is 7.54. The molecule has 2 heterocycles. The van der Waals surface area contributed by atoms with Crippen LogP contribution in [0.5, 0.6) is 5.75 Å². The number of hydrogen-bond acceptors (Lipinski definition) is 3. The van der Waals surface area contributed by atoms with Crippen molar-refractivity contribution in [2.24, 2.45) is 5.92 Å². The molecule has 30 heavy (non-hydrogen) atoms. The third-order valence-electron chi connectivity index (χ3n) is 7.54. The topological polar surface area (TPSA) is 32.8 Å². The van der Waals surface area contributed by atoms with E-state index in [1.165, 1.54) is 29.5 Å². The Labute approximate surface area is 179 Å². The molecule has 1 aliphatic carbocycles.